The first kappa shape index (κ1) is 24.2. The second-order valence-corrected chi connectivity index (χ2v) is 9.38. The van der Waals surface area contributed by atoms with E-state index >= 15 is 0 Å². The summed E-state index contributed by atoms with van der Waals surface area (Å²) in [5, 5.41) is 11.6. The molecule has 0 aliphatic rings. The van der Waals surface area contributed by atoms with E-state index in [0.717, 1.165) is 14.7 Å². The number of hydrogen-bond acceptors (Lipinski definition) is 4. The number of ether oxygens (including phenoxy) is 2. The number of benzene rings is 2. The van der Waals surface area contributed by atoms with Crippen molar-refractivity contribution in [3.8, 4) is 11.5 Å². The molecule has 0 bridgehead atoms. The molecule has 0 saturated carbocycles. The molecule has 0 aliphatic carbocycles. The van der Waals surface area contributed by atoms with Gasteiger partial charge in [0.05, 0.1) is 21.3 Å². The summed E-state index contributed by atoms with van der Waals surface area (Å²) in [6, 6.07) is 11.2. The second kappa shape index (κ2) is 10.1. The Balaban J connectivity index is 1.84. The molecule has 10 heteroatoms. The van der Waals surface area contributed by atoms with Crippen LogP contribution in [0.1, 0.15) is 46.5 Å². The van der Waals surface area contributed by atoms with Gasteiger partial charge in [-0.2, -0.15) is 0 Å². The Hall–Kier alpha value is -2.92. The van der Waals surface area contributed by atoms with Crippen LogP contribution in [0, 0.1) is 17.4 Å². The molecule has 0 fully saturated rings. The fraction of sp³-hybridized carbons (Fsp3) is 0.250. The number of aromatic nitrogens is 4. The van der Waals surface area contributed by atoms with Crippen molar-refractivity contribution in [1.82, 2.24) is 20.4 Å². The van der Waals surface area contributed by atoms with Crippen LogP contribution in [0.5, 0.6) is 11.5 Å². The van der Waals surface area contributed by atoms with Crippen LogP contribution in [0.4, 0.5) is 0 Å². The molecular weight excluding hydrogens is 571 g/mol. The largest absolute Gasteiger partial charge is 0.490 e. The molecule has 0 atom stereocenters. The van der Waals surface area contributed by atoms with Crippen molar-refractivity contribution >= 4 is 34.2 Å². The average Bonchev–Trinajstić information content (AvgIpc) is 3.31. The van der Waals surface area contributed by atoms with Crippen LogP contribution >= 0.6 is 34.2 Å². The minimum absolute atomic E-state index is 0.270. The molecule has 34 heavy (non-hydrogen) atoms. The maximum absolute atomic E-state index is 12.7. The summed E-state index contributed by atoms with van der Waals surface area (Å²) in [5.74, 6) is 0.482. The van der Waals surface area contributed by atoms with Crippen molar-refractivity contribution in [3.63, 3.8) is 0 Å². The van der Waals surface area contributed by atoms with Gasteiger partial charge < -0.3 is 19.7 Å². The molecular formula is C24H24ClIN4O4. The van der Waals surface area contributed by atoms with Gasteiger partial charge in [-0.3, -0.25) is 19.8 Å². The summed E-state index contributed by atoms with van der Waals surface area (Å²) in [6.45, 7) is 6.17. The van der Waals surface area contributed by atoms with E-state index in [-0.39, 0.29) is 17.7 Å². The molecule has 2 aromatic carbocycles. The lowest BCUT2D eigenvalue weighted by Crippen LogP contribution is -2.20. The molecule has 0 radical (unpaired) electrons. The average molecular weight is 595 g/mol. The lowest BCUT2D eigenvalue weighted by atomic mass is 9.85. The summed E-state index contributed by atoms with van der Waals surface area (Å²) >= 11 is 8.47. The quantitative estimate of drug-likeness (QED) is 0.220. The second-order valence-electron chi connectivity index (χ2n) is 7.81. The number of rotatable bonds is 8. The fourth-order valence-corrected chi connectivity index (χ4v) is 4.98. The third-order valence-electron chi connectivity index (χ3n) is 5.60. The topological polar surface area (TPSA) is 116 Å². The number of nitrogens with one attached hydrogen (secondary N) is 4. The Morgan fingerprint density at radius 1 is 0.941 bits per heavy atom. The first-order valence-corrected chi connectivity index (χ1v) is 12.1. The van der Waals surface area contributed by atoms with E-state index < -0.39 is 5.92 Å². The van der Waals surface area contributed by atoms with Crippen molar-refractivity contribution < 1.29 is 9.47 Å². The third kappa shape index (κ3) is 4.67. The molecule has 4 N–H and O–H groups in total. The monoisotopic (exact) mass is 594 g/mol. The van der Waals surface area contributed by atoms with Crippen molar-refractivity contribution in [3.05, 3.63) is 99.3 Å². The predicted octanol–water partition coefficient (Wildman–Crippen LogP) is 4.75. The molecule has 4 rings (SSSR count). The highest BCUT2D eigenvalue weighted by atomic mass is 127. The zero-order chi connectivity index (χ0) is 24.4. The van der Waals surface area contributed by atoms with Gasteiger partial charge in [-0.15, -0.1) is 0 Å². The van der Waals surface area contributed by atoms with Gasteiger partial charge in [0.25, 0.3) is 11.1 Å². The van der Waals surface area contributed by atoms with Gasteiger partial charge in [0.2, 0.25) is 0 Å². The van der Waals surface area contributed by atoms with E-state index in [4.69, 9.17) is 21.1 Å². The van der Waals surface area contributed by atoms with Crippen LogP contribution in [0.2, 0.25) is 5.02 Å². The van der Waals surface area contributed by atoms with Crippen molar-refractivity contribution in [1.29, 1.82) is 0 Å². The number of hydrogen-bond donors (Lipinski definition) is 4. The minimum Gasteiger partial charge on any atom is -0.490 e. The Morgan fingerprint density at radius 3 is 2.09 bits per heavy atom. The molecule has 2 aromatic heterocycles. The van der Waals surface area contributed by atoms with Gasteiger partial charge in [-0.25, -0.2) is 0 Å². The SMILES string of the molecule is CCOc1cc(C(c2c(C)[nH][nH]c2=O)c2c(C)[nH][nH]c2=O)cc(I)c1OCc1ccccc1Cl. The highest BCUT2D eigenvalue weighted by molar-refractivity contribution is 14.1. The third-order valence-corrected chi connectivity index (χ3v) is 6.77. The lowest BCUT2D eigenvalue weighted by molar-refractivity contribution is 0.267. The van der Waals surface area contributed by atoms with Crippen molar-refractivity contribution in [2.45, 2.75) is 33.3 Å². The molecule has 0 saturated heterocycles. The first-order valence-electron chi connectivity index (χ1n) is 10.7. The van der Waals surface area contributed by atoms with Crippen molar-refractivity contribution in [2.75, 3.05) is 6.61 Å². The first-order chi connectivity index (χ1) is 16.3. The number of halogens is 2. The summed E-state index contributed by atoms with van der Waals surface area (Å²) < 4.78 is 12.8. The maximum atomic E-state index is 12.7. The smallest absolute Gasteiger partial charge is 0.268 e. The number of aryl methyl sites for hydroxylation is 2. The standard InChI is InChI=1S/C24H24ClIN4O4/c1-4-33-18-10-15(9-17(26)22(18)34-11-14-7-5-6-8-16(14)25)21(19-12(2)27-29-23(19)31)20-13(3)28-30-24(20)32/h5-10,21H,4,11H2,1-3H3,(H2,27,29,31)(H2,28,30,32). The van der Waals surface area contributed by atoms with Crippen LogP contribution in [0.15, 0.2) is 46.0 Å². The van der Waals surface area contributed by atoms with Gasteiger partial charge in [0, 0.05) is 27.9 Å². The summed E-state index contributed by atoms with van der Waals surface area (Å²) in [5.41, 5.74) is 3.27. The van der Waals surface area contributed by atoms with Crippen LogP contribution in [0.25, 0.3) is 0 Å². The maximum Gasteiger partial charge on any atom is 0.268 e. The van der Waals surface area contributed by atoms with Gasteiger partial charge in [-0.05, 0) is 67.1 Å². The molecule has 178 valence electrons. The molecule has 0 unspecified atom stereocenters. The number of H-pyrrole nitrogens is 4. The van der Waals surface area contributed by atoms with E-state index in [1.54, 1.807) is 13.8 Å². The highest BCUT2D eigenvalue weighted by Crippen LogP contribution is 2.40. The molecule has 0 amide bonds. The van der Waals surface area contributed by atoms with Crippen LogP contribution in [-0.2, 0) is 6.61 Å². The fourth-order valence-electron chi connectivity index (χ4n) is 4.01. The van der Waals surface area contributed by atoms with Crippen LogP contribution < -0.4 is 20.6 Å². The van der Waals surface area contributed by atoms with Gasteiger partial charge in [0.15, 0.2) is 11.5 Å². The van der Waals surface area contributed by atoms with Crippen LogP contribution in [0.3, 0.4) is 0 Å². The Labute approximate surface area is 214 Å². The zero-order valence-electron chi connectivity index (χ0n) is 18.8. The predicted molar refractivity (Wildman–Crippen MR) is 139 cm³/mol. The van der Waals surface area contributed by atoms with Gasteiger partial charge in [0.1, 0.15) is 6.61 Å². The van der Waals surface area contributed by atoms with Crippen LogP contribution in [-0.4, -0.2) is 27.0 Å². The molecule has 4 aromatic rings. The highest BCUT2D eigenvalue weighted by Gasteiger charge is 2.29. The molecule has 8 nitrogen and oxygen atoms in total. The van der Waals surface area contributed by atoms with E-state index in [2.05, 4.69) is 43.0 Å². The van der Waals surface area contributed by atoms with Gasteiger partial charge >= 0.3 is 0 Å². The van der Waals surface area contributed by atoms with Gasteiger partial charge in [-0.1, -0.05) is 29.8 Å². The zero-order valence-corrected chi connectivity index (χ0v) is 21.8. The number of aromatic amines is 4. The van der Waals surface area contributed by atoms with E-state index in [1.807, 2.05) is 43.3 Å². The summed E-state index contributed by atoms with van der Waals surface area (Å²) in [4.78, 5) is 25.5. The van der Waals surface area contributed by atoms with E-state index in [9.17, 15) is 9.59 Å². The lowest BCUT2D eigenvalue weighted by Gasteiger charge is -2.20. The Kier molecular flexibility index (Phi) is 7.22. The molecule has 2 heterocycles. The normalized spacial score (nSPS) is 11.2. The minimum atomic E-state index is -0.615. The Morgan fingerprint density at radius 2 is 1.56 bits per heavy atom. The van der Waals surface area contributed by atoms with E-state index in [0.29, 0.717) is 45.6 Å². The summed E-state index contributed by atoms with van der Waals surface area (Å²) in [6.07, 6.45) is 0. The van der Waals surface area contributed by atoms with Crippen molar-refractivity contribution in [2.24, 2.45) is 0 Å². The summed E-state index contributed by atoms with van der Waals surface area (Å²) in [7, 11) is 0. The molecule has 0 spiro atoms. The molecule has 0 aliphatic heterocycles. The Bertz CT molecular complexity index is 1380. The van der Waals surface area contributed by atoms with E-state index in [1.165, 1.54) is 0 Å².